The van der Waals surface area contributed by atoms with E-state index in [4.69, 9.17) is 32.7 Å². The lowest BCUT2D eigenvalue weighted by atomic mass is 10.5. The first-order valence-electron chi connectivity index (χ1n) is 5.94. The summed E-state index contributed by atoms with van der Waals surface area (Å²) >= 11 is 11.4. The van der Waals surface area contributed by atoms with Gasteiger partial charge in [-0.3, -0.25) is 0 Å². The molecular formula is C11H16Cl2N2O4S. The number of pyridine rings is 1. The number of ether oxygens (including phenoxy) is 2. The van der Waals surface area contributed by atoms with Crippen molar-refractivity contribution in [3.63, 3.8) is 0 Å². The zero-order chi connectivity index (χ0) is 15.2. The van der Waals surface area contributed by atoms with E-state index >= 15 is 0 Å². The minimum Gasteiger partial charge on any atom is -0.352 e. The zero-order valence-corrected chi connectivity index (χ0v) is 13.4. The number of halogens is 2. The van der Waals surface area contributed by atoms with Gasteiger partial charge in [-0.2, -0.15) is 0 Å². The van der Waals surface area contributed by atoms with Gasteiger partial charge in [-0.25, -0.2) is 18.1 Å². The zero-order valence-electron chi connectivity index (χ0n) is 11.1. The van der Waals surface area contributed by atoms with Crippen LogP contribution in [0.2, 0.25) is 10.2 Å². The molecule has 1 aromatic rings. The van der Waals surface area contributed by atoms with Crippen molar-refractivity contribution in [2.45, 2.75) is 25.0 Å². The average molecular weight is 343 g/mol. The number of sulfonamides is 1. The van der Waals surface area contributed by atoms with Crippen LogP contribution in [0.5, 0.6) is 0 Å². The number of hydrogen-bond donors (Lipinski definition) is 1. The van der Waals surface area contributed by atoms with Gasteiger partial charge in [0.1, 0.15) is 10.0 Å². The number of hydrogen-bond acceptors (Lipinski definition) is 5. The van der Waals surface area contributed by atoms with Crippen molar-refractivity contribution in [1.82, 2.24) is 9.71 Å². The molecule has 1 heterocycles. The summed E-state index contributed by atoms with van der Waals surface area (Å²) in [6.07, 6.45) is 0.489. The van der Waals surface area contributed by atoms with Crippen LogP contribution in [-0.4, -0.2) is 39.5 Å². The largest absolute Gasteiger partial charge is 0.352 e. The van der Waals surface area contributed by atoms with Gasteiger partial charge in [0.15, 0.2) is 6.29 Å². The van der Waals surface area contributed by atoms with Crippen LogP contribution in [0.4, 0.5) is 0 Å². The molecule has 114 valence electrons. The van der Waals surface area contributed by atoms with E-state index < -0.39 is 16.3 Å². The topological polar surface area (TPSA) is 77.5 Å². The fourth-order valence-corrected chi connectivity index (χ4v) is 2.67. The van der Waals surface area contributed by atoms with E-state index in [0.29, 0.717) is 13.2 Å². The molecule has 0 saturated carbocycles. The highest BCUT2D eigenvalue weighted by Gasteiger charge is 2.18. The summed E-state index contributed by atoms with van der Waals surface area (Å²) in [4.78, 5) is 3.63. The molecule has 0 aliphatic rings. The Bertz CT molecular complexity index is 533. The molecule has 6 nitrogen and oxygen atoms in total. The van der Waals surface area contributed by atoms with Crippen molar-refractivity contribution in [2.75, 3.05) is 19.8 Å². The Morgan fingerprint density at radius 3 is 2.40 bits per heavy atom. The maximum absolute atomic E-state index is 12.0. The van der Waals surface area contributed by atoms with Crippen molar-refractivity contribution >= 4 is 33.2 Å². The van der Waals surface area contributed by atoms with Crippen molar-refractivity contribution in [3.05, 3.63) is 22.4 Å². The Hall–Kier alpha value is -0.440. The van der Waals surface area contributed by atoms with E-state index in [9.17, 15) is 8.42 Å². The van der Waals surface area contributed by atoms with Crippen LogP contribution >= 0.6 is 23.2 Å². The molecule has 0 aromatic carbocycles. The third kappa shape index (κ3) is 5.16. The smallest absolute Gasteiger partial charge is 0.242 e. The third-order valence-electron chi connectivity index (χ3n) is 2.23. The molecule has 0 unspecified atom stereocenters. The summed E-state index contributed by atoms with van der Waals surface area (Å²) in [5.41, 5.74) is 0. The second kappa shape index (κ2) is 8.11. The fourth-order valence-electron chi connectivity index (χ4n) is 1.35. The van der Waals surface area contributed by atoms with Crippen LogP contribution in [0.1, 0.15) is 13.8 Å². The quantitative estimate of drug-likeness (QED) is 0.578. The lowest BCUT2D eigenvalue weighted by molar-refractivity contribution is -0.130. The van der Waals surface area contributed by atoms with Crippen molar-refractivity contribution < 1.29 is 17.9 Å². The monoisotopic (exact) mass is 342 g/mol. The fraction of sp³-hybridized carbons (Fsp3) is 0.545. The Morgan fingerprint density at radius 1 is 1.30 bits per heavy atom. The lowest BCUT2D eigenvalue weighted by Crippen LogP contribution is -2.35. The van der Waals surface area contributed by atoms with Crippen LogP contribution < -0.4 is 4.72 Å². The van der Waals surface area contributed by atoms with Gasteiger partial charge >= 0.3 is 0 Å². The number of nitrogens with zero attached hydrogens (tertiary/aromatic N) is 1. The number of aromatic nitrogens is 1. The van der Waals surface area contributed by atoms with Gasteiger partial charge in [-0.1, -0.05) is 23.2 Å². The molecule has 0 spiro atoms. The molecule has 9 heteroatoms. The van der Waals surface area contributed by atoms with E-state index in [2.05, 4.69) is 9.71 Å². The second-order valence-corrected chi connectivity index (χ2v) is 6.17. The maximum atomic E-state index is 12.0. The summed E-state index contributed by atoms with van der Waals surface area (Å²) in [7, 11) is -3.75. The van der Waals surface area contributed by atoms with Gasteiger partial charge in [0.2, 0.25) is 10.0 Å². The molecular weight excluding hydrogens is 327 g/mol. The first-order valence-corrected chi connectivity index (χ1v) is 8.18. The highest BCUT2D eigenvalue weighted by atomic mass is 35.5. The molecule has 1 aromatic heterocycles. The summed E-state index contributed by atoms with van der Waals surface area (Å²) in [5, 5.41) is 0.118. The Morgan fingerprint density at radius 2 is 1.90 bits per heavy atom. The normalized spacial score (nSPS) is 12.1. The minimum absolute atomic E-state index is 0.00966. The summed E-state index contributed by atoms with van der Waals surface area (Å²) in [5.74, 6) is 0. The number of rotatable bonds is 8. The number of nitrogens with one attached hydrogen (secondary N) is 1. The van der Waals surface area contributed by atoms with Crippen LogP contribution in [-0.2, 0) is 19.5 Å². The molecule has 1 N–H and O–H groups in total. The molecule has 0 fully saturated rings. The van der Waals surface area contributed by atoms with Gasteiger partial charge in [-0.15, -0.1) is 0 Å². The standard InChI is InChI=1S/C11H16Cl2N2O4S/c1-3-18-10(19-4-2)7-15-20(16,17)8-5-9(12)11(13)14-6-8/h5-6,10,15H,3-4,7H2,1-2H3. The van der Waals surface area contributed by atoms with Crippen molar-refractivity contribution in [1.29, 1.82) is 0 Å². The van der Waals surface area contributed by atoms with E-state index in [-0.39, 0.29) is 21.6 Å². The highest BCUT2D eigenvalue weighted by molar-refractivity contribution is 7.89. The SMILES string of the molecule is CCOC(CNS(=O)(=O)c1cnc(Cl)c(Cl)c1)OCC. The predicted octanol–water partition coefficient (Wildman–Crippen LogP) is 2.07. The van der Waals surface area contributed by atoms with E-state index in [1.165, 1.54) is 6.07 Å². The van der Waals surface area contributed by atoms with Gasteiger partial charge in [0.05, 0.1) is 11.6 Å². The van der Waals surface area contributed by atoms with Gasteiger partial charge in [0, 0.05) is 19.4 Å². The molecule has 0 aliphatic heterocycles. The molecule has 0 radical (unpaired) electrons. The molecule has 0 amide bonds. The van der Waals surface area contributed by atoms with Gasteiger partial charge in [0.25, 0.3) is 0 Å². The minimum atomic E-state index is -3.75. The van der Waals surface area contributed by atoms with Crippen LogP contribution in [0.25, 0.3) is 0 Å². The lowest BCUT2D eigenvalue weighted by Gasteiger charge is -2.17. The Balaban J connectivity index is 2.75. The van der Waals surface area contributed by atoms with Gasteiger partial charge in [-0.05, 0) is 19.9 Å². The molecule has 0 saturated heterocycles. The Kier molecular flexibility index (Phi) is 7.14. The first-order chi connectivity index (χ1) is 9.40. The van der Waals surface area contributed by atoms with Crippen LogP contribution in [0.15, 0.2) is 17.2 Å². The molecule has 1 rings (SSSR count). The summed E-state index contributed by atoms with van der Waals surface area (Å²) < 4.78 is 37.0. The van der Waals surface area contributed by atoms with Crippen LogP contribution in [0.3, 0.4) is 0 Å². The van der Waals surface area contributed by atoms with Gasteiger partial charge < -0.3 is 9.47 Å². The van der Waals surface area contributed by atoms with Crippen molar-refractivity contribution in [2.24, 2.45) is 0 Å². The van der Waals surface area contributed by atoms with E-state index in [1.807, 2.05) is 0 Å². The molecule has 0 bridgehead atoms. The molecule has 0 atom stereocenters. The molecule has 0 aliphatic carbocycles. The first kappa shape index (κ1) is 17.6. The summed E-state index contributed by atoms with van der Waals surface area (Å²) in [6, 6.07) is 1.23. The van der Waals surface area contributed by atoms with Crippen molar-refractivity contribution in [3.8, 4) is 0 Å². The molecule has 20 heavy (non-hydrogen) atoms. The van der Waals surface area contributed by atoms with E-state index in [1.54, 1.807) is 13.8 Å². The Labute approximate surface area is 128 Å². The van der Waals surface area contributed by atoms with E-state index in [0.717, 1.165) is 6.20 Å². The average Bonchev–Trinajstić information content (AvgIpc) is 2.39. The van der Waals surface area contributed by atoms with Crippen LogP contribution in [0, 0.1) is 0 Å². The summed E-state index contributed by atoms with van der Waals surface area (Å²) in [6.45, 7) is 4.42. The third-order valence-corrected chi connectivity index (χ3v) is 4.30. The predicted molar refractivity (Wildman–Crippen MR) is 76.5 cm³/mol. The second-order valence-electron chi connectivity index (χ2n) is 3.64. The highest BCUT2D eigenvalue weighted by Crippen LogP contribution is 2.21. The maximum Gasteiger partial charge on any atom is 0.242 e.